The van der Waals surface area contributed by atoms with Crippen LogP contribution >= 0.6 is 12.4 Å². The van der Waals surface area contributed by atoms with Crippen molar-refractivity contribution in [3.63, 3.8) is 0 Å². The van der Waals surface area contributed by atoms with Gasteiger partial charge in [0.15, 0.2) is 0 Å². The summed E-state index contributed by atoms with van der Waals surface area (Å²) in [5, 5.41) is 3.17. The van der Waals surface area contributed by atoms with Crippen LogP contribution in [0.5, 0.6) is 0 Å². The summed E-state index contributed by atoms with van der Waals surface area (Å²) in [6, 6.07) is 5.82. The number of amides is 1. The average molecular weight is 311 g/mol. The lowest BCUT2D eigenvalue weighted by molar-refractivity contribution is 0.0917. The van der Waals surface area contributed by atoms with Gasteiger partial charge in [-0.1, -0.05) is 19.9 Å². The number of halogens is 1. The number of hydrogen-bond acceptors (Lipinski definition) is 2. The second-order valence-electron chi connectivity index (χ2n) is 6.40. The molecule has 0 atom stereocenters. The molecule has 0 heterocycles. The highest BCUT2D eigenvalue weighted by Gasteiger charge is 2.24. The summed E-state index contributed by atoms with van der Waals surface area (Å²) in [7, 11) is 0. The number of carbonyl (C=O) groups is 1. The number of hydrogen-bond donors (Lipinski definition) is 2. The normalized spacial score (nSPS) is 21.7. The Kier molecular flexibility index (Phi) is 6.53. The van der Waals surface area contributed by atoms with Crippen molar-refractivity contribution in [2.75, 3.05) is 5.73 Å². The number of benzene rings is 1. The Labute approximate surface area is 134 Å². The van der Waals surface area contributed by atoms with E-state index in [0.717, 1.165) is 30.2 Å². The molecule has 0 radical (unpaired) electrons. The standard InChI is InChI=1S/C17H26N2O.ClH/c1-11(2)13-5-8-15(9-6-13)19-17(20)16-10-14(18)7-4-12(16)3;/h4,7,10-11,13,15H,5-6,8-9,18H2,1-3H3,(H,19,20);1H. The Bertz CT molecular complexity index is 480. The van der Waals surface area contributed by atoms with E-state index in [0.29, 0.717) is 17.3 Å². The number of aryl methyl sites for hydroxylation is 1. The van der Waals surface area contributed by atoms with Crippen molar-refractivity contribution in [3.8, 4) is 0 Å². The molecule has 21 heavy (non-hydrogen) atoms. The van der Waals surface area contributed by atoms with Crippen LogP contribution in [0.1, 0.15) is 55.5 Å². The van der Waals surface area contributed by atoms with Gasteiger partial charge < -0.3 is 11.1 Å². The van der Waals surface area contributed by atoms with E-state index in [9.17, 15) is 4.79 Å². The lowest BCUT2D eigenvalue weighted by Gasteiger charge is -2.31. The van der Waals surface area contributed by atoms with Crippen LogP contribution in [0.25, 0.3) is 0 Å². The lowest BCUT2D eigenvalue weighted by atomic mass is 9.79. The van der Waals surface area contributed by atoms with E-state index >= 15 is 0 Å². The molecule has 0 aromatic heterocycles. The van der Waals surface area contributed by atoms with Gasteiger partial charge in [0, 0.05) is 17.3 Å². The zero-order chi connectivity index (χ0) is 14.7. The largest absolute Gasteiger partial charge is 0.399 e. The molecule has 1 saturated carbocycles. The second-order valence-corrected chi connectivity index (χ2v) is 6.40. The molecule has 1 aromatic rings. The van der Waals surface area contributed by atoms with Gasteiger partial charge in [0.25, 0.3) is 5.91 Å². The van der Waals surface area contributed by atoms with Crippen molar-refractivity contribution in [1.29, 1.82) is 0 Å². The molecule has 0 unspecified atom stereocenters. The van der Waals surface area contributed by atoms with Crippen LogP contribution in [0.3, 0.4) is 0 Å². The number of nitrogens with two attached hydrogens (primary N) is 1. The van der Waals surface area contributed by atoms with E-state index in [1.807, 2.05) is 19.1 Å². The zero-order valence-electron chi connectivity index (χ0n) is 13.2. The quantitative estimate of drug-likeness (QED) is 0.831. The fourth-order valence-electron chi connectivity index (χ4n) is 3.08. The molecule has 3 nitrogen and oxygen atoms in total. The molecule has 0 saturated heterocycles. The maximum Gasteiger partial charge on any atom is 0.251 e. The van der Waals surface area contributed by atoms with Crippen molar-refractivity contribution in [1.82, 2.24) is 5.32 Å². The summed E-state index contributed by atoms with van der Waals surface area (Å²) in [4.78, 5) is 12.3. The maximum absolute atomic E-state index is 12.3. The highest BCUT2D eigenvalue weighted by molar-refractivity contribution is 5.96. The lowest BCUT2D eigenvalue weighted by Crippen LogP contribution is -2.38. The molecule has 1 aliphatic rings. The molecule has 118 valence electrons. The van der Waals surface area contributed by atoms with Gasteiger partial charge in [-0.15, -0.1) is 12.4 Å². The first-order valence-corrected chi connectivity index (χ1v) is 7.64. The van der Waals surface area contributed by atoms with E-state index < -0.39 is 0 Å². The van der Waals surface area contributed by atoms with Gasteiger partial charge in [0.05, 0.1) is 0 Å². The van der Waals surface area contributed by atoms with Crippen molar-refractivity contribution in [3.05, 3.63) is 29.3 Å². The van der Waals surface area contributed by atoms with Crippen LogP contribution < -0.4 is 11.1 Å². The van der Waals surface area contributed by atoms with Crippen LogP contribution in [0.4, 0.5) is 5.69 Å². The Morgan fingerprint density at radius 1 is 1.24 bits per heavy atom. The average Bonchev–Trinajstić information content (AvgIpc) is 2.42. The number of nitrogens with one attached hydrogen (secondary N) is 1. The first-order chi connectivity index (χ1) is 9.47. The van der Waals surface area contributed by atoms with E-state index in [1.54, 1.807) is 6.07 Å². The SMILES string of the molecule is Cc1ccc(N)cc1C(=O)NC1CCC(C(C)C)CC1.Cl. The van der Waals surface area contributed by atoms with Crippen LogP contribution in [0.2, 0.25) is 0 Å². The smallest absolute Gasteiger partial charge is 0.251 e. The third kappa shape index (κ3) is 4.63. The highest BCUT2D eigenvalue weighted by atomic mass is 35.5. The zero-order valence-corrected chi connectivity index (χ0v) is 14.0. The van der Waals surface area contributed by atoms with E-state index in [-0.39, 0.29) is 18.3 Å². The summed E-state index contributed by atoms with van der Waals surface area (Å²) >= 11 is 0. The molecular formula is C17H27ClN2O. The third-order valence-electron chi connectivity index (χ3n) is 4.56. The monoisotopic (exact) mass is 310 g/mol. The van der Waals surface area contributed by atoms with Gasteiger partial charge >= 0.3 is 0 Å². The summed E-state index contributed by atoms with van der Waals surface area (Å²) in [5.41, 5.74) is 8.10. The van der Waals surface area contributed by atoms with Gasteiger partial charge in [0.1, 0.15) is 0 Å². The van der Waals surface area contributed by atoms with Crippen LogP contribution in [-0.2, 0) is 0 Å². The Morgan fingerprint density at radius 3 is 2.43 bits per heavy atom. The predicted molar refractivity (Wildman–Crippen MR) is 90.9 cm³/mol. The topological polar surface area (TPSA) is 55.1 Å². The molecule has 4 heteroatoms. The Balaban J connectivity index is 0.00000220. The van der Waals surface area contributed by atoms with Gasteiger partial charge in [-0.3, -0.25) is 4.79 Å². The Morgan fingerprint density at radius 2 is 1.86 bits per heavy atom. The minimum absolute atomic E-state index is 0. The molecule has 0 bridgehead atoms. The summed E-state index contributed by atoms with van der Waals surface area (Å²) in [6.07, 6.45) is 4.63. The summed E-state index contributed by atoms with van der Waals surface area (Å²) < 4.78 is 0. The van der Waals surface area contributed by atoms with Gasteiger partial charge in [-0.05, 0) is 62.1 Å². The fourth-order valence-corrected chi connectivity index (χ4v) is 3.08. The minimum Gasteiger partial charge on any atom is -0.399 e. The molecule has 1 aromatic carbocycles. The first-order valence-electron chi connectivity index (χ1n) is 7.64. The number of anilines is 1. The number of rotatable bonds is 3. The molecular weight excluding hydrogens is 284 g/mol. The highest BCUT2D eigenvalue weighted by Crippen LogP contribution is 2.30. The Hall–Kier alpha value is -1.22. The molecule has 1 aliphatic carbocycles. The van der Waals surface area contributed by atoms with Crippen LogP contribution in [0, 0.1) is 18.8 Å². The van der Waals surface area contributed by atoms with Crippen LogP contribution in [0.15, 0.2) is 18.2 Å². The van der Waals surface area contributed by atoms with Crippen molar-refractivity contribution >= 4 is 24.0 Å². The molecule has 2 rings (SSSR count). The molecule has 0 aliphatic heterocycles. The van der Waals surface area contributed by atoms with E-state index in [4.69, 9.17) is 5.73 Å². The molecule has 1 fully saturated rings. The summed E-state index contributed by atoms with van der Waals surface area (Å²) in [5.74, 6) is 1.59. The molecule has 1 amide bonds. The van der Waals surface area contributed by atoms with Crippen molar-refractivity contribution < 1.29 is 4.79 Å². The number of nitrogen functional groups attached to an aromatic ring is 1. The molecule has 0 spiro atoms. The third-order valence-corrected chi connectivity index (χ3v) is 4.56. The van der Waals surface area contributed by atoms with Crippen molar-refractivity contribution in [2.45, 2.75) is 52.5 Å². The predicted octanol–water partition coefficient (Wildman–Crippen LogP) is 3.94. The van der Waals surface area contributed by atoms with Crippen molar-refractivity contribution in [2.24, 2.45) is 11.8 Å². The fraction of sp³-hybridized carbons (Fsp3) is 0.588. The van der Waals surface area contributed by atoms with Gasteiger partial charge in [0.2, 0.25) is 0 Å². The second kappa shape index (κ2) is 7.69. The summed E-state index contributed by atoms with van der Waals surface area (Å²) in [6.45, 7) is 6.53. The number of carbonyl (C=O) groups excluding carboxylic acids is 1. The maximum atomic E-state index is 12.3. The minimum atomic E-state index is 0. The van der Waals surface area contributed by atoms with Crippen LogP contribution in [-0.4, -0.2) is 11.9 Å². The van der Waals surface area contributed by atoms with Gasteiger partial charge in [-0.2, -0.15) is 0 Å². The van der Waals surface area contributed by atoms with E-state index in [2.05, 4.69) is 19.2 Å². The first kappa shape index (κ1) is 17.8. The van der Waals surface area contributed by atoms with E-state index in [1.165, 1.54) is 12.8 Å². The van der Waals surface area contributed by atoms with Gasteiger partial charge in [-0.25, -0.2) is 0 Å². The molecule has 3 N–H and O–H groups in total.